The second-order valence-electron chi connectivity index (χ2n) is 6.63. The van der Waals surface area contributed by atoms with Crippen LogP contribution in [0.5, 0.6) is 0 Å². The van der Waals surface area contributed by atoms with E-state index in [1.54, 1.807) is 0 Å². The van der Waals surface area contributed by atoms with E-state index in [1.165, 1.54) is 17.9 Å². The molecule has 122 valence electrons. The zero-order valence-corrected chi connectivity index (χ0v) is 14.7. The van der Waals surface area contributed by atoms with Gasteiger partial charge in [0, 0.05) is 47.9 Å². The van der Waals surface area contributed by atoms with Crippen LogP contribution in [0.3, 0.4) is 0 Å². The summed E-state index contributed by atoms with van der Waals surface area (Å²) in [5, 5.41) is 1.38. The summed E-state index contributed by atoms with van der Waals surface area (Å²) >= 11 is 4.26. The van der Waals surface area contributed by atoms with Crippen molar-refractivity contribution >= 4 is 23.5 Å². The molecule has 3 fully saturated rings. The van der Waals surface area contributed by atoms with Crippen LogP contribution in [0.2, 0.25) is 0 Å². The van der Waals surface area contributed by atoms with Gasteiger partial charge in [0.1, 0.15) is 0 Å². The molecule has 0 saturated carbocycles. The topological polar surface area (TPSA) is 44.5 Å². The SMILES string of the molecule is CCC1SCCSC1C(N)C1CCOC2(CCOCC2)C1. The fourth-order valence-electron chi connectivity index (χ4n) is 4.05. The second-order valence-corrected chi connectivity index (χ2v) is 9.26. The molecular formula is C16H29NO2S2. The first-order chi connectivity index (χ1) is 10.2. The Morgan fingerprint density at radius 2 is 1.95 bits per heavy atom. The van der Waals surface area contributed by atoms with E-state index in [9.17, 15) is 0 Å². The summed E-state index contributed by atoms with van der Waals surface area (Å²) in [5.74, 6) is 3.19. The third-order valence-corrected chi connectivity index (χ3v) is 8.75. The summed E-state index contributed by atoms with van der Waals surface area (Å²) in [4.78, 5) is 0. The molecule has 3 saturated heterocycles. The number of hydrogen-bond acceptors (Lipinski definition) is 5. The monoisotopic (exact) mass is 331 g/mol. The van der Waals surface area contributed by atoms with Gasteiger partial charge >= 0.3 is 0 Å². The molecule has 0 aromatic rings. The standard InChI is InChI=1S/C16H29NO2S2/c1-2-13-15(21-10-9-20-13)14(17)12-3-6-19-16(11-12)4-7-18-8-5-16/h12-15H,2-11,17H2,1H3. The highest BCUT2D eigenvalue weighted by atomic mass is 32.2. The van der Waals surface area contributed by atoms with Gasteiger partial charge in [-0.2, -0.15) is 23.5 Å². The van der Waals surface area contributed by atoms with Gasteiger partial charge in [-0.05, 0) is 38.0 Å². The van der Waals surface area contributed by atoms with Gasteiger partial charge < -0.3 is 15.2 Å². The van der Waals surface area contributed by atoms with Crippen molar-refractivity contribution in [3.8, 4) is 0 Å². The van der Waals surface area contributed by atoms with Crippen molar-refractivity contribution < 1.29 is 9.47 Å². The van der Waals surface area contributed by atoms with Crippen LogP contribution in [0.1, 0.15) is 39.0 Å². The molecule has 3 rings (SSSR count). The minimum absolute atomic E-state index is 0.0764. The van der Waals surface area contributed by atoms with Crippen molar-refractivity contribution in [2.75, 3.05) is 31.3 Å². The van der Waals surface area contributed by atoms with Crippen molar-refractivity contribution in [1.82, 2.24) is 0 Å². The zero-order chi connectivity index (χ0) is 14.7. The predicted molar refractivity (Wildman–Crippen MR) is 92.2 cm³/mol. The largest absolute Gasteiger partial charge is 0.381 e. The van der Waals surface area contributed by atoms with Crippen LogP contribution in [0.15, 0.2) is 0 Å². The van der Waals surface area contributed by atoms with Gasteiger partial charge in [-0.25, -0.2) is 0 Å². The first-order valence-electron chi connectivity index (χ1n) is 8.44. The molecule has 5 heteroatoms. The molecular weight excluding hydrogens is 302 g/mol. The minimum Gasteiger partial charge on any atom is -0.381 e. The summed E-state index contributed by atoms with van der Waals surface area (Å²) < 4.78 is 11.7. The Balaban J connectivity index is 1.64. The van der Waals surface area contributed by atoms with E-state index in [-0.39, 0.29) is 5.60 Å². The molecule has 0 radical (unpaired) electrons. The average Bonchev–Trinajstić information content (AvgIpc) is 2.55. The molecule has 0 aromatic heterocycles. The van der Waals surface area contributed by atoms with Crippen LogP contribution in [0.4, 0.5) is 0 Å². The van der Waals surface area contributed by atoms with Crippen LogP contribution in [0.25, 0.3) is 0 Å². The summed E-state index contributed by atoms with van der Waals surface area (Å²) in [7, 11) is 0. The van der Waals surface area contributed by atoms with Crippen molar-refractivity contribution in [2.24, 2.45) is 11.7 Å². The summed E-state index contributed by atoms with van der Waals surface area (Å²) in [6, 6.07) is 0.330. The number of hydrogen-bond donors (Lipinski definition) is 1. The van der Waals surface area contributed by atoms with Crippen molar-refractivity contribution in [2.45, 2.75) is 61.2 Å². The molecule has 21 heavy (non-hydrogen) atoms. The second kappa shape index (κ2) is 7.43. The summed E-state index contributed by atoms with van der Waals surface area (Å²) in [6.07, 6.45) is 5.65. The van der Waals surface area contributed by atoms with Crippen LogP contribution >= 0.6 is 23.5 Å². The van der Waals surface area contributed by atoms with Crippen molar-refractivity contribution in [3.05, 3.63) is 0 Å². The number of rotatable bonds is 3. The Kier molecular flexibility index (Phi) is 5.82. The maximum Gasteiger partial charge on any atom is 0.0729 e. The van der Waals surface area contributed by atoms with Crippen molar-refractivity contribution in [1.29, 1.82) is 0 Å². The van der Waals surface area contributed by atoms with Crippen LogP contribution in [-0.4, -0.2) is 53.5 Å². The normalized spacial score (nSPS) is 38.3. The maximum absolute atomic E-state index is 6.76. The van der Waals surface area contributed by atoms with Gasteiger partial charge in [0.05, 0.1) is 5.60 Å². The Morgan fingerprint density at radius 3 is 2.71 bits per heavy atom. The number of nitrogens with two attached hydrogens (primary N) is 1. The lowest BCUT2D eigenvalue weighted by Gasteiger charge is -2.47. The van der Waals surface area contributed by atoms with E-state index in [0.717, 1.165) is 50.8 Å². The van der Waals surface area contributed by atoms with Gasteiger partial charge in [-0.1, -0.05) is 6.92 Å². The Labute approximate surface area is 137 Å². The van der Waals surface area contributed by atoms with Gasteiger partial charge in [-0.3, -0.25) is 0 Å². The molecule has 0 bridgehead atoms. The van der Waals surface area contributed by atoms with Gasteiger partial charge in [0.2, 0.25) is 0 Å². The highest BCUT2D eigenvalue weighted by molar-refractivity contribution is 8.07. The molecule has 0 aromatic carbocycles. The van der Waals surface area contributed by atoms with Crippen LogP contribution in [0, 0.1) is 5.92 Å². The van der Waals surface area contributed by atoms with Gasteiger partial charge in [0.15, 0.2) is 0 Å². The van der Waals surface area contributed by atoms with E-state index in [2.05, 4.69) is 30.4 Å². The van der Waals surface area contributed by atoms with Gasteiger partial charge in [-0.15, -0.1) is 0 Å². The fourth-order valence-corrected chi connectivity index (χ4v) is 7.32. The summed E-state index contributed by atoms with van der Waals surface area (Å²) in [5.41, 5.74) is 6.83. The Morgan fingerprint density at radius 1 is 1.19 bits per heavy atom. The fraction of sp³-hybridized carbons (Fsp3) is 1.00. The quantitative estimate of drug-likeness (QED) is 0.861. The Hall–Kier alpha value is 0.580. The molecule has 2 N–H and O–H groups in total. The van der Waals surface area contributed by atoms with E-state index in [4.69, 9.17) is 15.2 Å². The third-order valence-electron chi connectivity index (χ3n) is 5.35. The van der Waals surface area contributed by atoms with E-state index < -0.39 is 0 Å². The lowest BCUT2D eigenvalue weighted by Crippen LogP contribution is -2.53. The van der Waals surface area contributed by atoms with Gasteiger partial charge in [0.25, 0.3) is 0 Å². The third kappa shape index (κ3) is 3.74. The molecule has 0 amide bonds. The summed E-state index contributed by atoms with van der Waals surface area (Å²) in [6.45, 7) is 4.91. The number of thioether (sulfide) groups is 2. The first-order valence-corrected chi connectivity index (χ1v) is 10.5. The van der Waals surface area contributed by atoms with E-state index in [1.807, 2.05) is 0 Å². The molecule has 1 spiro atoms. The highest BCUT2D eigenvalue weighted by Crippen LogP contribution is 2.42. The molecule has 4 unspecified atom stereocenters. The lowest BCUT2D eigenvalue weighted by atomic mass is 9.77. The molecule has 3 nitrogen and oxygen atoms in total. The lowest BCUT2D eigenvalue weighted by molar-refractivity contribution is -0.149. The molecule has 3 aliphatic heterocycles. The maximum atomic E-state index is 6.76. The molecule has 0 aliphatic carbocycles. The van der Waals surface area contributed by atoms with Crippen LogP contribution < -0.4 is 5.73 Å². The van der Waals surface area contributed by atoms with Crippen molar-refractivity contribution in [3.63, 3.8) is 0 Å². The molecule has 3 heterocycles. The zero-order valence-electron chi connectivity index (χ0n) is 13.1. The van der Waals surface area contributed by atoms with E-state index >= 15 is 0 Å². The highest BCUT2D eigenvalue weighted by Gasteiger charge is 2.43. The minimum atomic E-state index is 0.0764. The number of ether oxygens (including phenoxy) is 2. The molecule has 3 aliphatic rings. The predicted octanol–water partition coefficient (Wildman–Crippen LogP) is 2.92. The average molecular weight is 332 g/mol. The molecule has 4 atom stereocenters. The first kappa shape index (κ1) is 16.4. The van der Waals surface area contributed by atoms with Crippen LogP contribution in [-0.2, 0) is 9.47 Å². The Bertz CT molecular complexity index is 331. The van der Waals surface area contributed by atoms with E-state index in [0.29, 0.717) is 17.2 Å². The smallest absolute Gasteiger partial charge is 0.0729 e.